The first-order valence-electron chi connectivity index (χ1n) is 6.70. The standard InChI is InChI=1S/C13H23N5O3/c1-8-9(2)18(16-17(8)6)7-10(11(14)19)15-12(20)21-13(3,4)5/h10H,7H2,1-6H3,(H2-,14,15,19,20)/p+1/t10-/m0/s1. The molecule has 0 saturated heterocycles. The van der Waals surface area contributed by atoms with Crippen LogP contribution in [0.2, 0.25) is 0 Å². The molecule has 21 heavy (non-hydrogen) atoms. The van der Waals surface area contributed by atoms with Crippen molar-refractivity contribution in [3.8, 4) is 0 Å². The predicted molar refractivity (Wildman–Crippen MR) is 75.2 cm³/mol. The first-order chi connectivity index (χ1) is 9.51. The van der Waals surface area contributed by atoms with Gasteiger partial charge in [0.1, 0.15) is 19.2 Å². The predicted octanol–water partition coefficient (Wildman–Crippen LogP) is -0.297. The van der Waals surface area contributed by atoms with Crippen LogP contribution in [0.4, 0.5) is 4.79 Å². The van der Waals surface area contributed by atoms with Crippen LogP contribution in [0.5, 0.6) is 0 Å². The van der Waals surface area contributed by atoms with E-state index in [1.807, 2.05) is 13.8 Å². The van der Waals surface area contributed by atoms with Gasteiger partial charge in [0.25, 0.3) is 0 Å². The van der Waals surface area contributed by atoms with E-state index in [0.717, 1.165) is 11.4 Å². The third-order valence-electron chi connectivity index (χ3n) is 3.03. The minimum absolute atomic E-state index is 0.155. The van der Waals surface area contributed by atoms with Gasteiger partial charge in [-0.3, -0.25) is 4.79 Å². The fraction of sp³-hybridized carbons (Fsp3) is 0.692. The molecule has 3 N–H and O–H groups in total. The molecule has 118 valence electrons. The van der Waals surface area contributed by atoms with Crippen LogP contribution in [0.25, 0.3) is 0 Å². The molecule has 8 nitrogen and oxygen atoms in total. The highest BCUT2D eigenvalue weighted by Crippen LogP contribution is 2.07. The van der Waals surface area contributed by atoms with Gasteiger partial charge >= 0.3 is 6.09 Å². The molecule has 8 heteroatoms. The Labute approximate surface area is 124 Å². The lowest BCUT2D eigenvalue weighted by atomic mass is 10.2. The van der Waals surface area contributed by atoms with Crippen molar-refractivity contribution in [3.63, 3.8) is 0 Å². The number of nitrogens with two attached hydrogens (primary N) is 1. The number of carbonyl (C=O) groups is 2. The smallest absolute Gasteiger partial charge is 0.408 e. The summed E-state index contributed by atoms with van der Waals surface area (Å²) in [7, 11) is 1.80. The molecule has 0 spiro atoms. The van der Waals surface area contributed by atoms with Crippen LogP contribution >= 0.6 is 0 Å². The van der Waals surface area contributed by atoms with Crippen molar-refractivity contribution in [1.82, 2.24) is 15.2 Å². The summed E-state index contributed by atoms with van der Waals surface area (Å²) in [6, 6.07) is -0.891. The van der Waals surface area contributed by atoms with E-state index in [1.54, 1.807) is 37.2 Å². The van der Waals surface area contributed by atoms with E-state index in [0.29, 0.717) is 0 Å². The monoisotopic (exact) mass is 298 g/mol. The lowest BCUT2D eigenvalue weighted by Gasteiger charge is -2.21. The van der Waals surface area contributed by atoms with Gasteiger partial charge in [0, 0.05) is 13.8 Å². The normalized spacial score (nSPS) is 12.9. The van der Waals surface area contributed by atoms with Crippen LogP contribution in [0.3, 0.4) is 0 Å². The summed E-state index contributed by atoms with van der Waals surface area (Å²) in [5.74, 6) is -0.643. The van der Waals surface area contributed by atoms with Crippen molar-refractivity contribution in [2.45, 2.75) is 52.8 Å². The van der Waals surface area contributed by atoms with E-state index < -0.39 is 23.6 Å². The molecule has 0 bridgehead atoms. The van der Waals surface area contributed by atoms with Gasteiger partial charge in [-0.05, 0) is 20.8 Å². The van der Waals surface area contributed by atoms with Gasteiger partial charge in [-0.1, -0.05) is 0 Å². The molecule has 1 heterocycles. The Morgan fingerprint density at radius 3 is 2.38 bits per heavy atom. The second kappa shape index (κ2) is 6.11. The number of alkyl carbamates (subject to hydrolysis) is 1. The van der Waals surface area contributed by atoms with Gasteiger partial charge < -0.3 is 15.8 Å². The molecule has 0 radical (unpaired) electrons. The number of nitrogens with one attached hydrogen (secondary N) is 1. The van der Waals surface area contributed by atoms with E-state index in [4.69, 9.17) is 10.5 Å². The summed E-state index contributed by atoms with van der Waals surface area (Å²) in [5, 5.41) is 6.72. The molecular weight excluding hydrogens is 274 g/mol. The summed E-state index contributed by atoms with van der Waals surface area (Å²) >= 11 is 0. The van der Waals surface area contributed by atoms with Crippen molar-refractivity contribution < 1.29 is 19.0 Å². The number of carbonyl (C=O) groups excluding carboxylic acids is 2. The highest BCUT2D eigenvalue weighted by atomic mass is 16.6. The zero-order valence-corrected chi connectivity index (χ0v) is 13.4. The number of ether oxygens (including phenoxy) is 1. The Bertz CT molecular complexity index is 545. The molecule has 0 saturated carbocycles. The number of hydrogen-bond acceptors (Lipinski definition) is 4. The molecule has 1 atom stereocenters. The Hall–Kier alpha value is -2.12. The Morgan fingerprint density at radius 1 is 1.43 bits per heavy atom. The quantitative estimate of drug-likeness (QED) is 0.745. The van der Waals surface area contributed by atoms with E-state index in [2.05, 4.69) is 10.5 Å². The zero-order valence-electron chi connectivity index (χ0n) is 13.4. The number of rotatable bonds is 4. The van der Waals surface area contributed by atoms with Crippen LogP contribution in [-0.4, -0.2) is 33.5 Å². The maximum atomic E-state index is 11.7. The topological polar surface area (TPSA) is 103 Å². The van der Waals surface area contributed by atoms with Crippen molar-refractivity contribution in [3.05, 3.63) is 11.4 Å². The fourth-order valence-corrected chi connectivity index (χ4v) is 1.72. The van der Waals surface area contributed by atoms with E-state index in [-0.39, 0.29) is 6.54 Å². The molecule has 0 aliphatic carbocycles. The molecule has 0 unspecified atom stereocenters. The molecule has 0 aliphatic heterocycles. The lowest BCUT2D eigenvalue weighted by Crippen LogP contribution is -2.49. The minimum atomic E-state index is -0.891. The van der Waals surface area contributed by atoms with Gasteiger partial charge in [-0.2, -0.15) is 0 Å². The van der Waals surface area contributed by atoms with Crippen molar-refractivity contribution >= 4 is 12.0 Å². The number of amides is 2. The third kappa shape index (κ3) is 4.73. The zero-order chi connectivity index (χ0) is 16.4. The number of primary amides is 1. The average Bonchev–Trinajstić information content (AvgIpc) is 2.53. The lowest BCUT2D eigenvalue weighted by molar-refractivity contribution is -0.737. The number of aromatic nitrogens is 3. The first kappa shape index (κ1) is 16.9. The van der Waals surface area contributed by atoms with Crippen molar-refractivity contribution in [2.75, 3.05) is 0 Å². The molecule has 1 rings (SSSR count). The molecule has 1 aromatic rings. The molecule has 0 fully saturated rings. The van der Waals surface area contributed by atoms with Gasteiger partial charge in [-0.25, -0.2) is 4.79 Å². The third-order valence-corrected chi connectivity index (χ3v) is 3.03. The summed E-state index contributed by atoms with van der Waals surface area (Å²) in [4.78, 5) is 23.3. The van der Waals surface area contributed by atoms with Gasteiger partial charge in [0.15, 0.2) is 17.4 Å². The second-order valence-electron chi connectivity index (χ2n) is 5.97. The van der Waals surface area contributed by atoms with Gasteiger partial charge in [0.2, 0.25) is 5.91 Å². The Kier molecular flexibility index (Phi) is 4.93. The first-order valence-corrected chi connectivity index (χ1v) is 6.70. The fourth-order valence-electron chi connectivity index (χ4n) is 1.72. The van der Waals surface area contributed by atoms with Crippen LogP contribution in [-0.2, 0) is 23.1 Å². The summed E-state index contributed by atoms with van der Waals surface area (Å²) in [6.45, 7) is 9.18. The van der Waals surface area contributed by atoms with Crippen LogP contribution in [0.1, 0.15) is 32.2 Å². The summed E-state index contributed by atoms with van der Waals surface area (Å²) < 4.78 is 8.44. The van der Waals surface area contributed by atoms with Gasteiger partial charge in [-0.15, -0.1) is 9.36 Å². The number of aryl methyl sites for hydroxylation is 1. The van der Waals surface area contributed by atoms with Crippen molar-refractivity contribution in [1.29, 1.82) is 0 Å². The maximum Gasteiger partial charge on any atom is 0.408 e. The average molecular weight is 298 g/mol. The SMILES string of the molecule is Cc1c(C)[n+](C)nn1C[C@H](NC(=O)OC(C)(C)C)C(N)=O. The van der Waals surface area contributed by atoms with E-state index >= 15 is 0 Å². The van der Waals surface area contributed by atoms with Crippen LogP contribution in [0.15, 0.2) is 0 Å². The molecule has 0 aromatic carbocycles. The van der Waals surface area contributed by atoms with Crippen LogP contribution in [0, 0.1) is 13.8 Å². The number of nitrogens with zero attached hydrogens (tertiary/aromatic N) is 3. The molecule has 2 amide bonds. The largest absolute Gasteiger partial charge is 0.444 e. The minimum Gasteiger partial charge on any atom is -0.444 e. The second-order valence-corrected chi connectivity index (χ2v) is 5.97. The highest BCUT2D eigenvalue weighted by molar-refractivity contribution is 5.84. The maximum absolute atomic E-state index is 11.7. The Balaban J connectivity index is 2.81. The van der Waals surface area contributed by atoms with E-state index in [9.17, 15) is 9.59 Å². The molecular formula is C13H24N5O3+. The van der Waals surface area contributed by atoms with Gasteiger partial charge in [0.05, 0.1) is 5.21 Å². The molecule has 1 aromatic heterocycles. The Morgan fingerprint density at radius 2 is 2.00 bits per heavy atom. The van der Waals surface area contributed by atoms with Crippen molar-refractivity contribution in [2.24, 2.45) is 12.8 Å². The summed E-state index contributed by atoms with van der Waals surface area (Å²) in [5.41, 5.74) is 6.56. The summed E-state index contributed by atoms with van der Waals surface area (Å²) in [6.07, 6.45) is -0.683. The molecule has 0 aliphatic rings. The highest BCUT2D eigenvalue weighted by Gasteiger charge is 2.27. The van der Waals surface area contributed by atoms with Crippen LogP contribution < -0.4 is 15.7 Å². The van der Waals surface area contributed by atoms with E-state index in [1.165, 1.54) is 0 Å². The number of hydrogen-bond donors (Lipinski definition) is 2.